The number of carbonyl (C=O) groups excluding carboxylic acids is 1. The first-order chi connectivity index (χ1) is 9.28. The number of aromatic amines is 1. The molecule has 0 aromatic carbocycles. The zero-order valence-corrected chi connectivity index (χ0v) is 12.9. The standard InChI is InChI=1S/C13H19N3O3S/c1-7(2)13(19)5-16(6-13)11(17)9-8(3)14-12(18)15-10(9)20-4/h7,19H,5-6H2,1-4H3,(H,14,15,18). The molecule has 0 unspecified atom stereocenters. The maximum absolute atomic E-state index is 12.5. The monoisotopic (exact) mass is 297 g/mol. The van der Waals surface area contributed by atoms with Crippen molar-refractivity contribution in [3.8, 4) is 0 Å². The molecular weight excluding hydrogens is 278 g/mol. The third-order valence-corrected chi connectivity index (χ3v) is 4.47. The quantitative estimate of drug-likeness (QED) is 0.632. The topological polar surface area (TPSA) is 86.3 Å². The van der Waals surface area contributed by atoms with E-state index in [1.54, 1.807) is 18.1 Å². The number of carbonyl (C=O) groups is 1. The van der Waals surface area contributed by atoms with Crippen molar-refractivity contribution in [3.63, 3.8) is 0 Å². The van der Waals surface area contributed by atoms with Gasteiger partial charge in [-0.2, -0.15) is 4.98 Å². The van der Waals surface area contributed by atoms with Crippen molar-refractivity contribution in [1.82, 2.24) is 14.9 Å². The average molecular weight is 297 g/mol. The lowest BCUT2D eigenvalue weighted by molar-refractivity contribution is -0.111. The second-order valence-electron chi connectivity index (χ2n) is 5.47. The summed E-state index contributed by atoms with van der Waals surface area (Å²) in [6, 6.07) is 0. The third kappa shape index (κ3) is 2.47. The number of nitrogens with zero attached hydrogens (tertiary/aromatic N) is 2. The van der Waals surface area contributed by atoms with Crippen LogP contribution in [0.25, 0.3) is 0 Å². The van der Waals surface area contributed by atoms with E-state index in [2.05, 4.69) is 9.97 Å². The van der Waals surface area contributed by atoms with Crippen molar-refractivity contribution >= 4 is 17.7 Å². The van der Waals surface area contributed by atoms with Crippen LogP contribution in [0.3, 0.4) is 0 Å². The van der Waals surface area contributed by atoms with Crippen LogP contribution >= 0.6 is 11.8 Å². The van der Waals surface area contributed by atoms with E-state index in [1.165, 1.54) is 11.8 Å². The Morgan fingerprint density at radius 3 is 2.60 bits per heavy atom. The summed E-state index contributed by atoms with van der Waals surface area (Å²) >= 11 is 1.27. The number of rotatable bonds is 3. The molecule has 1 aliphatic heterocycles. The molecule has 1 amide bonds. The number of β-amino-alcohol motifs (C(OH)–C–C–N with tert-alkyl or cyclic N) is 1. The molecule has 0 spiro atoms. The summed E-state index contributed by atoms with van der Waals surface area (Å²) in [5.74, 6) is -0.0951. The van der Waals surface area contributed by atoms with Crippen molar-refractivity contribution < 1.29 is 9.90 Å². The number of aliphatic hydroxyl groups is 1. The Labute approximate surface area is 121 Å². The van der Waals surface area contributed by atoms with Gasteiger partial charge in [-0.3, -0.25) is 4.79 Å². The Hall–Kier alpha value is -1.34. The zero-order valence-electron chi connectivity index (χ0n) is 12.1. The van der Waals surface area contributed by atoms with Crippen LogP contribution in [0.15, 0.2) is 9.82 Å². The maximum atomic E-state index is 12.5. The lowest BCUT2D eigenvalue weighted by Crippen LogP contribution is -2.66. The van der Waals surface area contributed by atoms with Crippen molar-refractivity contribution in [3.05, 3.63) is 21.7 Å². The Kier molecular flexibility index (Phi) is 3.93. The molecule has 20 heavy (non-hydrogen) atoms. The molecule has 2 N–H and O–H groups in total. The normalized spacial score (nSPS) is 17.2. The lowest BCUT2D eigenvalue weighted by atomic mass is 9.82. The highest BCUT2D eigenvalue weighted by Gasteiger charge is 2.46. The van der Waals surface area contributed by atoms with Gasteiger partial charge >= 0.3 is 5.69 Å². The number of thioether (sulfide) groups is 1. The molecule has 6 nitrogen and oxygen atoms in total. The Morgan fingerprint density at radius 2 is 2.10 bits per heavy atom. The highest BCUT2D eigenvalue weighted by atomic mass is 32.2. The van der Waals surface area contributed by atoms with Crippen molar-refractivity contribution in [2.45, 2.75) is 31.4 Å². The number of aryl methyl sites for hydroxylation is 1. The molecule has 110 valence electrons. The summed E-state index contributed by atoms with van der Waals surface area (Å²) < 4.78 is 0. The van der Waals surface area contributed by atoms with Gasteiger partial charge in [0.25, 0.3) is 5.91 Å². The number of hydrogen-bond acceptors (Lipinski definition) is 5. The maximum Gasteiger partial charge on any atom is 0.346 e. The van der Waals surface area contributed by atoms with Gasteiger partial charge in [0.1, 0.15) is 10.6 Å². The molecule has 2 heterocycles. The predicted molar refractivity (Wildman–Crippen MR) is 77.1 cm³/mol. The number of amides is 1. The molecular formula is C13H19N3O3S. The van der Waals surface area contributed by atoms with Gasteiger partial charge in [0, 0.05) is 5.69 Å². The third-order valence-electron chi connectivity index (χ3n) is 3.78. The minimum absolute atomic E-state index is 0.0985. The lowest BCUT2D eigenvalue weighted by Gasteiger charge is -2.49. The molecule has 0 saturated carbocycles. The van der Waals surface area contributed by atoms with Gasteiger partial charge < -0.3 is 15.0 Å². The van der Waals surface area contributed by atoms with E-state index in [0.29, 0.717) is 29.4 Å². The molecule has 1 saturated heterocycles. The summed E-state index contributed by atoms with van der Waals surface area (Å²) in [6.07, 6.45) is 1.78. The van der Waals surface area contributed by atoms with Gasteiger partial charge in [0.05, 0.1) is 18.7 Å². The minimum Gasteiger partial charge on any atom is -0.386 e. The zero-order chi connectivity index (χ0) is 15.1. The van der Waals surface area contributed by atoms with Gasteiger partial charge in [-0.05, 0) is 19.1 Å². The average Bonchev–Trinajstić information content (AvgIpc) is 2.32. The summed E-state index contributed by atoms with van der Waals surface area (Å²) in [7, 11) is 0. The summed E-state index contributed by atoms with van der Waals surface area (Å²) in [5.41, 5.74) is -0.327. The Balaban J connectivity index is 2.26. The number of hydrogen-bond donors (Lipinski definition) is 2. The summed E-state index contributed by atoms with van der Waals surface area (Å²) in [6.45, 7) is 6.18. The van der Waals surface area contributed by atoms with Gasteiger partial charge in [0.15, 0.2) is 0 Å². The SMILES string of the molecule is CSc1nc(=O)[nH]c(C)c1C(=O)N1CC(O)(C(C)C)C1. The van der Waals surface area contributed by atoms with Gasteiger partial charge in [-0.25, -0.2) is 4.79 Å². The molecule has 1 aliphatic rings. The molecule has 0 aliphatic carbocycles. The molecule has 2 rings (SSSR count). The molecule has 1 aromatic heterocycles. The van der Waals surface area contributed by atoms with Crippen LogP contribution < -0.4 is 5.69 Å². The van der Waals surface area contributed by atoms with E-state index in [4.69, 9.17) is 0 Å². The van der Waals surface area contributed by atoms with Gasteiger partial charge in [-0.1, -0.05) is 13.8 Å². The van der Waals surface area contributed by atoms with Crippen LogP contribution in [0.2, 0.25) is 0 Å². The van der Waals surface area contributed by atoms with Crippen molar-refractivity contribution in [2.24, 2.45) is 5.92 Å². The first-order valence-corrected chi connectivity index (χ1v) is 7.67. The van der Waals surface area contributed by atoms with Crippen LogP contribution in [-0.4, -0.2) is 50.8 Å². The molecule has 1 aromatic rings. The first-order valence-electron chi connectivity index (χ1n) is 6.45. The van der Waals surface area contributed by atoms with Crippen LogP contribution in [0.5, 0.6) is 0 Å². The number of nitrogens with one attached hydrogen (secondary N) is 1. The smallest absolute Gasteiger partial charge is 0.346 e. The van der Waals surface area contributed by atoms with Crippen LogP contribution in [-0.2, 0) is 0 Å². The van der Waals surface area contributed by atoms with E-state index in [-0.39, 0.29) is 11.8 Å². The van der Waals surface area contributed by atoms with Crippen LogP contribution in [0.1, 0.15) is 29.9 Å². The Morgan fingerprint density at radius 1 is 1.50 bits per heavy atom. The molecule has 0 atom stereocenters. The predicted octanol–water partition coefficient (Wildman–Crippen LogP) is 0.643. The highest BCUT2D eigenvalue weighted by Crippen LogP contribution is 2.31. The van der Waals surface area contributed by atoms with Gasteiger partial charge in [0.2, 0.25) is 0 Å². The van der Waals surface area contributed by atoms with E-state index in [1.807, 2.05) is 13.8 Å². The molecule has 0 radical (unpaired) electrons. The largest absolute Gasteiger partial charge is 0.386 e. The summed E-state index contributed by atoms with van der Waals surface area (Å²) in [5, 5.41) is 10.6. The second kappa shape index (κ2) is 5.21. The fourth-order valence-corrected chi connectivity index (χ4v) is 2.86. The highest BCUT2D eigenvalue weighted by molar-refractivity contribution is 7.98. The molecule has 7 heteroatoms. The molecule has 0 bridgehead atoms. The fraction of sp³-hybridized carbons (Fsp3) is 0.615. The molecule has 1 fully saturated rings. The van der Waals surface area contributed by atoms with Crippen LogP contribution in [0.4, 0.5) is 0 Å². The van der Waals surface area contributed by atoms with Crippen LogP contribution in [0, 0.1) is 12.8 Å². The first kappa shape index (κ1) is 15.1. The summed E-state index contributed by atoms with van der Waals surface area (Å²) in [4.78, 5) is 31.8. The Bertz CT molecular complexity index is 591. The van der Waals surface area contributed by atoms with E-state index < -0.39 is 11.3 Å². The van der Waals surface area contributed by atoms with Crippen molar-refractivity contribution in [1.29, 1.82) is 0 Å². The number of aromatic nitrogens is 2. The number of likely N-dealkylation sites (tertiary alicyclic amines) is 1. The van der Waals surface area contributed by atoms with E-state index in [9.17, 15) is 14.7 Å². The van der Waals surface area contributed by atoms with E-state index >= 15 is 0 Å². The van der Waals surface area contributed by atoms with Crippen molar-refractivity contribution in [2.75, 3.05) is 19.3 Å². The second-order valence-corrected chi connectivity index (χ2v) is 6.27. The van der Waals surface area contributed by atoms with E-state index in [0.717, 1.165) is 0 Å². The van der Waals surface area contributed by atoms with Gasteiger partial charge in [-0.15, -0.1) is 11.8 Å². The minimum atomic E-state index is -0.807. The fourth-order valence-electron chi connectivity index (χ4n) is 2.24. The number of H-pyrrole nitrogens is 1.